The minimum atomic E-state index is -0.133. The highest BCUT2D eigenvalue weighted by molar-refractivity contribution is 7.13. The van der Waals surface area contributed by atoms with E-state index >= 15 is 0 Å². The molecule has 0 saturated carbocycles. The van der Waals surface area contributed by atoms with E-state index in [0.717, 1.165) is 17.3 Å². The number of rotatable bonds is 4. The van der Waals surface area contributed by atoms with Crippen molar-refractivity contribution in [2.24, 2.45) is 5.92 Å². The summed E-state index contributed by atoms with van der Waals surface area (Å²) >= 11 is 1.42. The van der Waals surface area contributed by atoms with Gasteiger partial charge in [-0.15, -0.1) is 11.3 Å². The molecule has 1 aliphatic rings. The molecule has 0 fully saturated rings. The molecular formula is C15H17N3O2S. The largest absolute Gasteiger partial charge is 0.493 e. The molecule has 0 unspecified atom stereocenters. The summed E-state index contributed by atoms with van der Waals surface area (Å²) < 4.78 is 5.72. The highest BCUT2D eigenvalue weighted by Crippen LogP contribution is 2.26. The average molecular weight is 303 g/mol. The molecule has 1 aliphatic heterocycles. The molecule has 0 radical (unpaired) electrons. The van der Waals surface area contributed by atoms with Gasteiger partial charge in [0, 0.05) is 24.9 Å². The van der Waals surface area contributed by atoms with Gasteiger partial charge in [-0.1, -0.05) is 18.2 Å². The summed E-state index contributed by atoms with van der Waals surface area (Å²) in [6.07, 6.45) is 0.926. The van der Waals surface area contributed by atoms with E-state index in [-0.39, 0.29) is 5.91 Å². The van der Waals surface area contributed by atoms with Crippen LogP contribution in [0.15, 0.2) is 29.6 Å². The SMILES string of the molecule is CNc1nc(C(=O)NC[C@@H]2COc3ccccc3C2)cs1. The second-order valence-electron chi connectivity index (χ2n) is 4.99. The molecular weight excluding hydrogens is 286 g/mol. The minimum Gasteiger partial charge on any atom is -0.493 e. The van der Waals surface area contributed by atoms with E-state index in [1.165, 1.54) is 16.9 Å². The molecule has 1 atom stereocenters. The number of aromatic nitrogens is 1. The van der Waals surface area contributed by atoms with Crippen LogP contribution in [-0.2, 0) is 6.42 Å². The van der Waals surface area contributed by atoms with Crippen LogP contribution in [0.3, 0.4) is 0 Å². The Kier molecular flexibility index (Phi) is 4.06. The summed E-state index contributed by atoms with van der Waals surface area (Å²) in [6.45, 7) is 1.23. The molecule has 0 aliphatic carbocycles. The van der Waals surface area contributed by atoms with Crippen LogP contribution < -0.4 is 15.4 Å². The lowest BCUT2D eigenvalue weighted by Gasteiger charge is -2.25. The van der Waals surface area contributed by atoms with Crippen LogP contribution in [0.4, 0.5) is 5.13 Å². The van der Waals surface area contributed by atoms with Gasteiger partial charge in [-0.2, -0.15) is 0 Å². The summed E-state index contributed by atoms with van der Waals surface area (Å²) in [5.74, 6) is 1.12. The Labute approximate surface area is 127 Å². The molecule has 5 nitrogen and oxygen atoms in total. The van der Waals surface area contributed by atoms with Crippen LogP contribution in [0, 0.1) is 5.92 Å². The number of thiazole rings is 1. The Morgan fingerprint density at radius 3 is 3.14 bits per heavy atom. The van der Waals surface area contributed by atoms with Crippen LogP contribution in [0.25, 0.3) is 0 Å². The van der Waals surface area contributed by atoms with Gasteiger partial charge in [0.15, 0.2) is 5.13 Å². The van der Waals surface area contributed by atoms with E-state index in [1.807, 2.05) is 18.2 Å². The first kappa shape index (κ1) is 13.9. The van der Waals surface area contributed by atoms with E-state index in [2.05, 4.69) is 21.7 Å². The smallest absolute Gasteiger partial charge is 0.270 e. The number of nitrogens with one attached hydrogen (secondary N) is 2. The van der Waals surface area contributed by atoms with Gasteiger partial charge in [0.2, 0.25) is 0 Å². The fraction of sp³-hybridized carbons (Fsp3) is 0.333. The molecule has 1 amide bonds. The van der Waals surface area contributed by atoms with Crippen LogP contribution in [0.1, 0.15) is 16.1 Å². The van der Waals surface area contributed by atoms with Gasteiger partial charge in [-0.25, -0.2) is 4.98 Å². The molecule has 6 heteroatoms. The van der Waals surface area contributed by atoms with Gasteiger partial charge in [-0.3, -0.25) is 4.79 Å². The third-order valence-corrected chi connectivity index (χ3v) is 4.32. The van der Waals surface area contributed by atoms with Crippen molar-refractivity contribution in [2.75, 3.05) is 25.5 Å². The van der Waals surface area contributed by atoms with Gasteiger partial charge in [0.25, 0.3) is 5.91 Å². The van der Waals surface area contributed by atoms with E-state index in [1.54, 1.807) is 12.4 Å². The maximum atomic E-state index is 12.0. The molecule has 1 aromatic heterocycles. The van der Waals surface area contributed by atoms with Crippen molar-refractivity contribution in [3.8, 4) is 5.75 Å². The van der Waals surface area contributed by atoms with Crippen LogP contribution in [0.5, 0.6) is 5.75 Å². The molecule has 3 rings (SSSR count). The van der Waals surface area contributed by atoms with E-state index in [0.29, 0.717) is 24.8 Å². The van der Waals surface area contributed by atoms with Crippen molar-refractivity contribution in [2.45, 2.75) is 6.42 Å². The minimum absolute atomic E-state index is 0.133. The second-order valence-corrected chi connectivity index (χ2v) is 5.84. The highest BCUT2D eigenvalue weighted by atomic mass is 32.1. The number of carbonyl (C=O) groups is 1. The Balaban J connectivity index is 1.55. The average Bonchev–Trinajstić information content (AvgIpc) is 3.01. The van der Waals surface area contributed by atoms with E-state index < -0.39 is 0 Å². The summed E-state index contributed by atoms with van der Waals surface area (Å²) in [5, 5.41) is 8.36. The number of para-hydroxylation sites is 1. The summed E-state index contributed by atoms with van der Waals surface area (Å²) in [6, 6.07) is 8.04. The first-order valence-electron chi connectivity index (χ1n) is 6.88. The van der Waals surface area contributed by atoms with Gasteiger partial charge in [0.1, 0.15) is 11.4 Å². The number of benzene rings is 1. The monoisotopic (exact) mass is 303 g/mol. The molecule has 2 aromatic rings. The summed E-state index contributed by atoms with van der Waals surface area (Å²) in [7, 11) is 1.79. The summed E-state index contributed by atoms with van der Waals surface area (Å²) in [4.78, 5) is 16.2. The fourth-order valence-electron chi connectivity index (χ4n) is 2.34. The molecule has 2 heterocycles. The molecule has 0 bridgehead atoms. The fourth-order valence-corrected chi connectivity index (χ4v) is 2.99. The molecule has 0 saturated heterocycles. The Hall–Kier alpha value is -2.08. The number of carbonyl (C=O) groups excluding carboxylic acids is 1. The van der Waals surface area contributed by atoms with Crippen LogP contribution in [-0.4, -0.2) is 31.1 Å². The number of anilines is 1. The second kappa shape index (κ2) is 6.13. The maximum Gasteiger partial charge on any atom is 0.270 e. The van der Waals surface area contributed by atoms with Gasteiger partial charge in [0.05, 0.1) is 6.61 Å². The number of amides is 1. The Bertz CT molecular complexity index is 641. The predicted octanol–water partition coefficient (Wildman–Crippen LogP) is 2.17. The van der Waals surface area contributed by atoms with Gasteiger partial charge >= 0.3 is 0 Å². The molecule has 21 heavy (non-hydrogen) atoms. The Morgan fingerprint density at radius 2 is 2.33 bits per heavy atom. The number of hydrogen-bond acceptors (Lipinski definition) is 5. The number of ether oxygens (including phenoxy) is 1. The maximum absolute atomic E-state index is 12.0. The lowest BCUT2D eigenvalue weighted by atomic mass is 9.97. The summed E-state index contributed by atoms with van der Waals surface area (Å²) in [5.41, 5.74) is 1.66. The van der Waals surface area contributed by atoms with Crippen molar-refractivity contribution >= 4 is 22.4 Å². The number of fused-ring (bicyclic) bond motifs is 1. The zero-order valence-electron chi connectivity index (χ0n) is 11.8. The lowest BCUT2D eigenvalue weighted by molar-refractivity contribution is 0.0935. The third-order valence-electron chi connectivity index (χ3n) is 3.46. The topological polar surface area (TPSA) is 63.2 Å². The zero-order chi connectivity index (χ0) is 14.7. The van der Waals surface area contributed by atoms with E-state index in [9.17, 15) is 4.79 Å². The first-order valence-corrected chi connectivity index (χ1v) is 7.76. The molecule has 0 spiro atoms. The van der Waals surface area contributed by atoms with Crippen molar-refractivity contribution < 1.29 is 9.53 Å². The normalized spacial score (nSPS) is 16.7. The standard InChI is InChI=1S/C15H17N3O2S/c1-16-15-18-12(9-21-15)14(19)17-7-10-6-11-4-2-3-5-13(11)20-8-10/h2-5,9-10H,6-8H2,1H3,(H,16,18)(H,17,19)/t10-/m1/s1. The van der Waals surface area contributed by atoms with E-state index in [4.69, 9.17) is 4.74 Å². The highest BCUT2D eigenvalue weighted by Gasteiger charge is 2.20. The molecule has 110 valence electrons. The first-order chi connectivity index (χ1) is 10.3. The number of nitrogens with zero attached hydrogens (tertiary/aromatic N) is 1. The third kappa shape index (κ3) is 3.16. The lowest BCUT2D eigenvalue weighted by Crippen LogP contribution is -2.34. The quantitative estimate of drug-likeness (QED) is 0.908. The van der Waals surface area contributed by atoms with Crippen LogP contribution >= 0.6 is 11.3 Å². The molecule has 2 N–H and O–H groups in total. The molecule has 1 aromatic carbocycles. The van der Waals surface area contributed by atoms with Crippen molar-refractivity contribution in [3.05, 3.63) is 40.9 Å². The van der Waals surface area contributed by atoms with Crippen molar-refractivity contribution in [1.29, 1.82) is 0 Å². The van der Waals surface area contributed by atoms with Crippen molar-refractivity contribution in [3.63, 3.8) is 0 Å². The van der Waals surface area contributed by atoms with Gasteiger partial charge in [-0.05, 0) is 18.1 Å². The van der Waals surface area contributed by atoms with Crippen molar-refractivity contribution in [1.82, 2.24) is 10.3 Å². The zero-order valence-corrected chi connectivity index (χ0v) is 12.6. The van der Waals surface area contributed by atoms with Gasteiger partial charge < -0.3 is 15.4 Å². The number of hydrogen-bond donors (Lipinski definition) is 2. The van der Waals surface area contributed by atoms with Crippen LogP contribution in [0.2, 0.25) is 0 Å². The predicted molar refractivity (Wildman–Crippen MR) is 83.1 cm³/mol. The Morgan fingerprint density at radius 1 is 1.48 bits per heavy atom.